The summed E-state index contributed by atoms with van der Waals surface area (Å²) in [5, 5.41) is 16.7. The minimum atomic E-state index is -4.44. The number of aromatic nitrogens is 3. The molecular formula is C26H31F3N6O. The van der Waals surface area contributed by atoms with Crippen LogP contribution < -0.4 is 15.5 Å². The summed E-state index contributed by atoms with van der Waals surface area (Å²) in [7, 11) is 1.82. The van der Waals surface area contributed by atoms with Crippen molar-refractivity contribution in [3.05, 3.63) is 65.5 Å². The van der Waals surface area contributed by atoms with Crippen molar-refractivity contribution in [1.29, 1.82) is 0 Å². The van der Waals surface area contributed by atoms with E-state index < -0.39 is 17.8 Å². The van der Waals surface area contributed by atoms with Crippen molar-refractivity contribution in [3.63, 3.8) is 0 Å². The summed E-state index contributed by atoms with van der Waals surface area (Å²) < 4.78 is 46.4. The van der Waals surface area contributed by atoms with E-state index in [1.165, 1.54) is 13.0 Å². The minimum absolute atomic E-state index is 0.0701. The molecule has 3 atom stereocenters. The molecule has 0 unspecified atom stereocenters. The lowest BCUT2D eigenvalue weighted by Crippen LogP contribution is -2.47. The van der Waals surface area contributed by atoms with Crippen molar-refractivity contribution in [2.75, 3.05) is 30.4 Å². The number of nitrogens with zero attached hydrogens (tertiary/aromatic N) is 4. The van der Waals surface area contributed by atoms with Gasteiger partial charge < -0.3 is 20.3 Å². The molecule has 3 heterocycles. The third kappa shape index (κ3) is 5.15. The number of nitrogens with one attached hydrogen (secondary N) is 2. The first-order valence-electron chi connectivity index (χ1n) is 11.9. The third-order valence-corrected chi connectivity index (χ3v) is 6.52. The van der Waals surface area contributed by atoms with Crippen molar-refractivity contribution < 1.29 is 17.9 Å². The van der Waals surface area contributed by atoms with Crippen molar-refractivity contribution in [3.8, 4) is 0 Å². The quantitative estimate of drug-likeness (QED) is 0.441. The third-order valence-electron chi connectivity index (χ3n) is 6.52. The molecule has 7 nitrogen and oxygen atoms in total. The number of fused-ring (bicyclic) bond motifs is 1. The van der Waals surface area contributed by atoms with Gasteiger partial charge in [-0.1, -0.05) is 18.2 Å². The number of hydrogen-bond acceptors (Lipinski definition) is 7. The van der Waals surface area contributed by atoms with Gasteiger partial charge >= 0.3 is 6.18 Å². The van der Waals surface area contributed by atoms with E-state index in [1.807, 2.05) is 20.0 Å². The Kier molecular flexibility index (Phi) is 7.46. The first-order valence-corrected chi connectivity index (χ1v) is 11.9. The molecule has 0 aliphatic carbocycles. The summed E-state index contributed by atoms with van der Waals surface area (Å²) in [6, 6.07) is 5.65. The van der Waals surface area contributed by atoms with Gasteiger partial charge in [-0.15, -0.1) is 11.7 Å². The number of hydrogen-bond donors (Lipinski definition) is 2. The van der Waals surface area contributed by atoms with Crippen LogP contribution >= 0.6 is 0 Å². The van der Waals surface area contributed by atoms with E-state index >= 15 is 0 Å². The second-order valence-corrected chi connectivity index (χ2v) is 9.13. The Morgan fingerprint density at radius 1 is 1.25 bits per heavy atom. The molecular weight excluding hydrogens is 469 g/mol. The number of halogens is 3. The molecule has 1 aliphatic rings. The molecule has 3 aromatic rings. The normalized spacial score (nSPS) is 19.4. The molecule has 1 aliphatic heterocycles. The Bertz CT molecular complexity index is 1250. The van der Waals surface area contributed by atoms with Gasteiger partial charge in [0.25, 0.3) is 0 Å². The molecule has 36 heavy (non-hydrogen) atoms. The van der Waals surface area contributed by atoms with Gasteiger partial charge in [-0.3, -0.25) is 0 Å². The maximum absolute atomic E-state index is 13.5. The van der Waals surface area contributed by atoms with Crippen LogP contribution in [0.4, 0.5) is 24.8 Å². The highest BCUT2D eigenvalue weighted by Crippen LogP contribution is 2.36. The van der Waals surface area contributed by atoms with E-state index in [0.29, 0.717) is 31.1 Å². The standard InChI is InChI=1S/C26H31F3N6O/c1-6-22(18-8-7-9-21(17(18)4)26(27,28)29)32-25-19-10-24(35-13-16(3)36-14-15(35)2)31-11-20(19)23(12-30-5)33-34-25/h6-11,15-16,22,30H,1,12-14H2,2-5H3,(H,32,34)/t15-,16-,22-/m1/s1. The summed E-state index contributed by atoms with van der Waals surface area (Å²) in [4.78, 5) is 6.90. The fourth-order valence-electron chi connectivity index (χ4n) is 4.58. The molecule has 1 aromatic carbocycles. The summed E-state index contributed by atoms with van der Waals surface area (Å²) >= 11 is 0. The largest absolute Gasteiger partial charge is 0.416 e. The molecule has 2 aromatic heterocycles. The van der Waals surface area contributed by atoms with Crippen molar-refractivity contribution in [1.82, 2.24) is 20.5 Å². The van der Waals surface area contributed by atoms with Gasteiger partial charge in [0, 0.05) is 30.1 Å². The van der Waals surface area contributed by atoms with E-state index in [-0.39, 0.29) is 17.7 Å². The van der Waals surface area contributed by atoms with Gasteiger partial charge in [-0.05, 0) is 51.1 Å². The molecule has 192 valence electrons. The number of anilines is 2. The molecule has 10 heteroatoms. The van der Waals surface area contributed by atoms with Gasteiger partial charge in [0.2, 0.25) is 0 Å². The van der Waals surface area contributed by atoms with E-state index in [4.69, 9.17) is 9.72 Å². The molecule has 1 fully saturated rings. The second-order valence-electron chi connectivity index (χ2n) is 9.13. The van der Waals surface area contributed by atoms with Crippen molar-refractivity contribution >= 4 is 22.4 Å². The number of benzene rings is 1. The van der Waals surface area contributed by atoms with Crippen LogP contribution in [-0.2, 0) is 17.5 Å². The van der Waals surface area contributed by atoms with Crippen LogP contribution in [0.25, 0.3) is 10.8 Å². The Morgan fingerprint density at radius 3 is 2.72 bits per heavy atom. The molecule has 0 amide bonds. The summed E-state index contributed by atoms with van der Waals surface area (Å²) in [5.74, 6) is 1.23. The van der Waals surface area contributed by atoms with Crippen LogP contribution in [0.2, 0.25) is 0 Å². The van der Waals surface area contributed by atoms with Gasteiger partial charge in [0.05, 0.1) is 36.1 Å². The van der Waals surface area contributed by atoms with E-state index in [1.54, 1.807) is 18.3 Å². The smallest absolute Gasteiger partial charge is 0.375 e. The lowest BCUT2D eigenvalue weighted by Gasteiger charge is -2.37. The molecule has 1 saturated heterocycles. The average Bonchev–Trinajstić information content (AvgIpc) is 2.84. The predicted octanol–water partition coefficient (Wildman–Crippen LogP) is 5.02. The maximum atomic E-state index is 13.5. The molecule has 0 bridgehead atoms. The lowest BCUT2D eigenvalue weighted by molar-refractivity contribution is -0.138. The van der Waals surface area contributed by atoms with Crippen molar-refractivity contribution in [2.24, 2.45) is 0 Å². The van der Waals surface area contributed by atoms with Gasteiger partial charge in [-0.25, -0.2) is 4.98 Å². The Balaban J connectivity index is 1.79. The first kappa shape index (κ1) is 25.8. The van der Waals surface area contributed by atoms with Gasteiger partial charge in [0.15, 0.2) is 5.82 Å². The molecule has 2 N–H and O–H groups in total. The zero-order valence-corrected chi connectivity index (χ0v) is 20.9. The van der Waals surface area contributed by atoms with Crippen LogP contribution in [0.15, 0.2) is 43.1 Å². The number of pyridine rings is 1. The van der Waals surface area contributed by atoms with E-state index in [2.05, 4.69) is 39.2 Å². The van der Waals surface area contributed by atoms with E-state index in [9.17, 15) is 13.2 Å². The Morgan fingerprint density at radius 2 is 2.03 bits per heavy atom. The van der Waals surface area contributed by atoms with Gasteiger partial charge in [0.1, 0.15) is 5.82 Å². The van der Waals surface area contributed by atoms with Crippen molar-refractivity contribution in [2.45, 2.75) is 51.7 Å². The SMILES string of the molecule is C=C[C@@H](Nc1nnc(CNC)c2cnc(N3C[C@@H](C)OC[C@H]3C)cc12)c1cccc(C(F)(F)F)c1C. The fraction of sp³-hybridized carbons (Fsp3) is 0.423. The topological polar surface area (TPSA) is 75.2 Å². The summed E-state index contributed by atoms with van der Waals surface area (Å²) in [6.45, 7) is 11.2. The minimum Gasteiger partial charge on any atom is -0.375 e. The fourth-order valence-corrected chi connectivity index (χ4v) is 4.58. The lowest BCUT2D eigenvalue weighted by atomic mass is 9.96. The zero-order chi connectivity index (χ0) is 26.0. The molecule has 4 rings (SSSR count). The molecule has 0 radical (unpaired) electrons. The first-order chi connectivity index (χ1) is 17.1. The van der Waals surface area contributed by atoms with Crippen LogP contribution in [0, 0.1) is 6.92 Å². The Labute approximate surface area is 208 Å². The van der Waals surface area contributed by atoms with Crippen LogP contribution in [-0.4, -0.2) is 47.5 Å². The number of ether oxygens (including phenoxy) is 1. The maximum Gasteiger partial charge on any atom is 0.416 e. The highest BCUT2D eigenvalue weighted by Gasteiger charge is 2.33. The van der Waals surface area contributed by atoms with Crippen LogP contribution in [0.1, 0.15) is 42.3 Å². The van der Waals surface area contributed by atoms with Crippen LogP contribution in [0.3, 0.4) is 0 Å². The highest BCUT2D eigenvalue weighted by molar-refractivity contribution is 5.94. The number of alkyl halides is 3. The zero-order valence-electron chi connectivity index (χ0n) is 20.9. The Hall–Kier alpha value is -3.24. The summed E-state index contributed by atoms with van der Waals surface area (Å²) in [6.07, 6.45) is -1.02. The average molecular weight is 501 g/mol. The molecule has 0 spiro atoms. The monoisotopic (exact) mass is 500 g/mol. The van der Waals surface area contributed by atoms with E-state index in [0.717, 1.165) is 28.4 Å². The highest BCUT2D eigenvalue weighted by atomic mass is 19.4. The van der Waals surface area contributed by atoms with Gasteiger partial charge in [-0.2, -0.15) is 18.3 Å². The number of rotatable bonds is 7. The second kappa shape index (κ2) is 10.4. The summed E-state index contributed by atoms with van der Waals surface area (Å²) in [5.41, 5.74) is 0.672. The molecule has 0 saturated carbocycles. The predicted molar refractivity (Wildman–Crippen MR) is 135 cm³/mol. The number of morpholine rings is 1. The van der Waals surface area contributed by atoms with Crippen LogP contribution in [0.5, 0.6) is 0 Å².